The van der Waals surface area contributed by atoms with Gasteiger partial charge in [0.25, 0.3) is 5.91 Å². The molecule has 7 heteroatoms. The van der Waals surface area contributed by atoms with Crippen molar-refractivity contribution >= 4 is 41.2 Å². The van der Waals surface area contributed by atoms with Crippen molar-refractivity contribution in [3.63, 3.8) is 0 Å². The average Bonchev–Trinajstić information content (AvgIpc) is 2.30. The number of esters is 1. The first-order valence-corrected chi connectivity index (χ1v) is 4.71. The van der Waals surface area contributed by atoms with Crippen molar-refractivity contribution in [3.8, 4) is 0 Å². The third-order valence-corrected chi connectivity index (χ3v) is 2.40. The molecule has 1 aliphatic heterocycles. The molecule has 0 saturated carbocycles. The topological polar surface area (TPSA) is 81.8 Å². The van der Waals surface area contributed by atoms with Crippen molar-refractivity contribution < 1.29 is 14.3 Å². The molecule has 0 bridgehead atoms. The number of carbonyl (C=O) groups is 2. The van der Waals surface area contributed by atoms with Gasteiger partial charge in [0.05, 0.1) is 13.0 Å². The number of halogens is 1. The third-order valence-electron chi connectivity index (χ3n) is 1.42. The zero-order valence-corrected chi connectivity index (χ0v) is 9.19. The Bertz CT molecular complexity index is 270. The van der Waals surface area contributed by atoms with E-state index >= 15 is 0 Å². The van der Waals surface area contributed by atoms with Gasteiger partial charge in [-0.25, -0.2) is 0 Å². The van der Waals surface area contributed by atoms with Crippen molar-refractivity contribution in [1.82, 2.24) is 0 Å². The number of carbonyl (C=O) groups excluding carboxylic acids is 2. The van der Waals surface area contributed by atoms with Gasteiger partial charge in [0, 0.05) is 0 Å². The molecular weight excluding hydrogens is 228 g/mol. The van der Waals surface area contributed by atoms with Gasteiger partial charge < -0.3 is 10.5 Å². The molecule has 0 fully saturated rings. The first kappa shape index (κ1) is 13.2. The molecule has 0 aliphatic carbocycles. The Morgan fingerprint density at radius 3 is 2.79 bits per heavy atom. The molecule has 0 aromatic carbocycles. The van der Waals surface area contributed by atoms with Crippen molar-refractivity contribution in [2.75, 3.05) is 6.61 Å². The summed E-state index contributed by atoms with van der Waals surface area (Å²) in [5.41, 5.74) is 5.31. The molecule has 0 spiro atoms. The van der Waals surface area contributed by atoms with Crippen LogP contribution in [0.25, 0.3) is 0 Å². The average molecular weight is 239 g/mol. The number of thioether (sulfide) groups is 1. The molecule has 0 radical (unpaired) electrons. The summed E-state index contributed by atoms with van der Waals surface area (Å²) < 4.78 is 4.69. The summed E-state index contributed by atoms with van der Waals surface area (Å²) in [6.07, 6.45) is 0.0432. The van der Waals surface area contributed by atoms with E-state index in [9.17, 15) is 9.59 Å². The Labute approximate surface area is 91.9 Å². The van der Waals surface area contributed by atoms with Gasteiger partial charge >= 0.3 is 5.97 Å². The SMILES string of the molecule is CCOC(=O)CC1SC(N)=NC1=O.Cl. The number of hydrogen-bond acceptors (Lipinski definition) is 5. The van der Waals surface area contributed by atoms with E-state index in [1.807, 2.05) is 0 Å². The minimum Gasteiger partial charge on any atom is -0.466 e. The van der Waals surface area contributed by atoms with E-state index < -0.39 is 11.2 Å². The quantitative estimate of drug-likeness (QED) is 0.716. The Hall–Kier alpha value is -0.750. The molecule has 0 aromatic rings. The van der Waals surface area contributed by atoms with Gasteiger partial charge in [0.15, 0.2) is 5.17 Å². The van der Waals surface area contributed by atoms with Crippen molar-refractivity contribution in [1.29, 1.82) is 0 Å². The molecule has 0 aromatic heterocycles. The normalized spacial score (nSPS) is 19.9. The maximum absolute atomic E-state index is 11.0. The van der Waals surface area contributed by atoms with Crippen LogP contribution in [0.15, 0.2) is 4.99 Å². The highest BCUT2D eigenvalue weighted by Crippen LogP contribution is 2.22. The van der Waals surface area contributed by atoms with E-state index in [4.69, 9.17) is 10.5 Å². The van der Waals surface area contributed by atoms with Crippen LogP contribution in [0, 0.1) is 0 Å². The lowest BCUT2D eigenvalue weighted by atomic mass is 10.3. The summed E-state index contributed by atoms with van der Waals surface area (Å²) in [5.74, 6) is -0.742. The second-order valence-corrected chi connectivity index (χ2v) is 3.63. The van der Waals surface area contributed by atoms with Crippen LogP contribution in [0.3, 0.4) is 0 Å². The van der Waals surface area contributed by atoms with Crippen LogP contribution in [0.2, 0.25) is 0 Å². The van der Waals surface area contributed by atoms with Crippen molar-refractivity contribution in [3.05, 3.63) is 0 Å². The standard InChI is InChI=1S/C7H10N2O3S.ClH/c1-2-12-5(10)3-4-6(11)9-7(8)13-4;/h4H,2-3H2,1H3,(H2,8,9,11);1H. The fourth-order valence-corrected chi connectivity index (χ4v) is 1.71. The monoisotopic (exact) mass is 238 g/mol. The maximum atomic E-state index is 11.0. The lowest BCUT2D eigenvalue weighted by Crippen LogP contribution is -2.18. The zero-order valence-electron chi connectivity index (χ0n) is 7.56. The Kier molecular flexibility index (Phi) is 5.56. The van der Waals surface area contributed by atoms with Crippen LogP contribution in [0.1, 0.15) is 13.3 Å². The second-order valence-electron chi connectivity index (χ2n) is 2.40. The van der Waals surface area contributed by atoms with Crippen LogP contribution in [0.5, 0.6) is 0 Å². The van der Waals surface area contributed by atoms with Crippen LogP contribution in [-0.4, -0.2) is 28.9 Å². The molecular formula is C7H11ClN2O3S. The number of aliphatic imine (C=N–C) groups is 1. The highest BCUT2D eigenvalue weighted by Gasteiger charge is 2.29. The molecule has 80 valence electrons. The van der Waals surface area contributed by atoms with E-state index in [-0.39, 0.29) is 29.9 Å². The minimum atomic E-state index is -0.487. The minimum absolute atomic E-state index is 0. The molecule has 2 N–H and O–H groups in total. The van der Waals surface area contributed by atoms with Gasteiger partial charge in [-0.2, -0.15) is 4.99 Å². The lowest BCUT2D eigenvalue weighted by molar-refractivity contribution is -0.143. The Balaban J connectivity index is 0.00000169. The summed E-state index contributed by atoms with van der Waals surface area (Å²) in [6.45, 7) is 2.03. The summed E-state index contributed by atoms with van der Waals surface area (Å²) in [4.78, 5) is 25.5. The van der Waals surface area contributed by atoms with Crippen molar-refractivity contribution in [2.24, 2.45) is 10.7 Å². The number of amidine groups is 1. The Morgan fingerprint density at radius 2 is 2.36 bits per heavy atom. The molecule has 1 heterocycles. The van der Waals surface area contributed by atoms with Crippen LogP contribution in [-0.2, 0) is 14.3 Å². The summed E-state index contributed by atoms with van der Waals surface area (Å²) in [5, 5.41) is -0.265. The number of hydrogen-bond donors (Lipinski definition) is 1. The molecule has 5 nitrogen and oxygen atoms in total. The molecule has 0 saturated heterocycles. The van der Waals surface area contributed by atoms with Gasteiger partial charge in [-0.05, 0) is 6.92 Å². The summed E-state index contributed by atoms with van der Waals surface area (Å²) in [7, 11) is 0. The highest BCUT2D eigenvalue weighted by atomic mass is 35.5. The molecule has 1 atom stereocenters. The van der Waals surface area contributed by atoms with E-state index in [0.29, 0.717) is 6.61 Å². The maximum Gasteiger partial charge on any atom is 0.307 e. The number of amides is 1. The van der Waals surface area contributed by atoms with E-state index in [1.165, 1.54) is 0 Å². The van der Waals surface area contributed by atoms with Crippen LogP contribution >= 0.6 is 24.2 Å². The molecule has 1 aliphatic rings. The second kappa shape index (κ2) is 5.87. The van der Waals surface area contributed by atoms with Crippen LogP contribution in [0.4, 0.5) is 0 Å². The van der Waals surface area contributed by atoms with Gasteiger partial charge in [-0.15, -0.1) is 12.4 Å². The lowest BCUT2D eigenvalue weighted by Gasteiger charge is -2.04. The predicted molar refractivity (Wildman–Crippen MR) is 56.5 cm³/mol. The molecule has 1 amide bonds. The predicted octanol–water partition coefficient (Wildman–Crippen LogP) is 0.318. The van der Waals surface area contributed by atoms with E-state index in [1.54, 1.807) is 6.92 Å². The fraction of sp³-hybridized carbons (Fsp3) is 0.571. The van der Waals surface area contributed by atoms with Gasteiger partial charge in [-0.1, -0.05) is 11.8 Å². The van der Waals surface area contributed by atoms with Crippen LogP contribution < -0.4 is 5.73 Å². The van der Waals surface area contributed by atoms with E-state index in [2.05, 4.69) is 4.99 Å². The number of rotatable bonds is 3. The highest BCUT2D eigenvalue weighted by molar-refractivity contribution is 8.15. The number of ether oxygens (including phenoxy) is 1. The fourth-order valence-electron chi connectivity index (χ4n) is 0.903. The first-order valence-electron chi connectivity index (χ1n) is 3.83. The van der Waals surface area contributed by atoms with Gasteiger partial charge in [0.1, 0.15) is 5.25 Å². The summed E-state index contributed by atoms with van der Waals surface area (Å²) >= 11 is 1.11. The third kappa shape index (κ3) is 3.55. The number of nitrogens with two attached hydrogens (primary N) is 1. The van der Waals surface area contributed by atoms with Gasteiger partial charge in [-0.3, -0.25) is 9.59 Å². The molecule has 1 rings (SSSR count). The largest absolute Gasteiger partial charge is 0.466 e. The zero-order chi connectivity index (χ0) is 9.84. The number of nitrogens with zero attached hydrogens (tertiary/aromatic N) is 1. The Morgan fingerprint density at radius 1 is 1.71 bits per heavy atom. The first-order chi connectivity index (χ1) is 6.13. The summed E-state index contributed by atoms with van der Waals surface area (Å²) in [6, 6.07) is 0. The molecule has 14 heavy (non-hydrogen) atoms. The van der Waals surface area contributed by atoms with E-state index in [0.717, 1.165) is 11.8 Å². The smallest absolute Gasteiger partial charge is 0.307 e. The van der Waals surface area contributed by atoms with Gasteiger partial charge in [0.2, 0.25) is 0 Å². The molecule has 1 unspecified atom stereocenters. The van der Waals surface area contributed by atoms with Crippen molar-refractivity contribution in [2.45, 2.75) is 18.6 Å².